The first-order valence-corrected chi connectivity index (χ1v) is 7.97. The van der Waals surface area contributed by atoms with Crippen LogP contribution in [0.4, 0.5) is 8.78 Å². The summed E-state index contributed by atoms with van der Waals surface area (Å²) < 4.78 is 52.8. The maximum atomic E-state index is 13.7. The maximum absolute atomic E-state index is 13.7. The van der Waals surface area contributed by atoms with E-state index in [2.05, 4.69) is 0 Å². The Morgan fingerprint density at radius 2 is 1.95 bits per heavy atom. The Morgan fingerprint density at radius 3 is 2.65 bits per heavy atom. The normalized spacial score (nSPS) is 30.6. The number of aliphatic hydroxyl groups is 1. The zero-order chi connectivity index (χ0) is 14.5. The second kappa shape index (κ2) is 4.75. The summed E-state index contributed by atoms with van der Waals surface area (Å²) >= 11 is 0. The lowest BCUT2D eigenvalue weighted by atomic mass is 10.00. The predicted molar refractivity (Wildman–Crippen MR) is 67.3 cm³/mol. The fraction of sp³-hybridized carbons (Fsp3) is 0.538. The van der Waals surface area contributed by atoms with E-state index in [0.717, 1.165) is 22.9 Å². The minimum atomic E-state index is -4.05. The van der Waals surface area contributed by atoms with Crippen LogP contribution in [0.1, 0.15) is 12.8 Å². The van der Waals surface area contributed by atoms with Crippen molar-refractivity contribution in [1.82, 2.24) is 4.31 Å². The molecule has 3 rings (SSSR count). The number of aliphatic hydroxyl groups excluding tert-OH is 1. The van der Waals surface area contributed by atoms with Gasteiger partial charge in [-0.15, -0.1) is 0 Å². The minimum absolute atomic E-state index is 0.0959. The average Bonchev–Trinajstić information content (AvgIpc) is 2.95. The van der Waals surface area contributed by atoms with Gasteiger partial charge in [-0.05, 0) is 37.0 Å². The molecule has 0 spiro atoms. The highest BCUT2D eigenvalue weighted by atomic mass is 32.2. The Kier molecular flexibility index (Phi) is 3.30. The van der Waals surface area contributed by atoms with Crippen LogP contribution in [0.5, 0.6) is 0 Å². The Balaban J connectivity index is 1.92. The molecule has 0 amide bonds. The Morgan fingerprint density at radius 1 is 1.20 bits per heavy atom. The molecule has 20 heavy (non-hydrogen) atoms. The van der Waals surface area contributed by atoms with Crippen LogP contribution in [0.25, 0.3) is 0 Å². The van der Waals surface area contributed by atoms with E-state index in [0.29, 0.717) is 12.5 Å². The molecule has 1 aromatic rings. The molecule has 1 heterocycles. The maximum Gasteiger partial charge on any atom is 0.246 e. The summed E-state index contributed by atoms with van der Waals surface area (Å²) in [6, 6.07) is 2.40. The van der Waals surface area contributed by atoms with Gasteiger partial charge in [-0.3, -0.25) is 0 Å². The van der Waals surface area contributed by atoms with Crippen molar-refractivity contribution in [2.75, 3.05) is 13.1 Å². The predicted octanol–water partition coefficient (Wildman–Crippen LogP) is 1.36. The standard InChI is InChI=1S/C13H15F2NO3S/c14-9-2-3-11(15)13(5-9)20(18,19)16-6-8-1-4-12(17)10(8)7-16/h2-3,5,8,10,12,17H,1,4,6-7H2. The van der Waals surface area contributed by atoms with Crippen molar-refractivity contribution in [1.29, 1.82) is 0 Å². The molecule has 2 aliphatic rings. The van der Waals surface area contributed by atoms with Gasteiger partial charge >= 0.3 is 0 Å². The molecule has 2 fully saturated rings. The van der Waals surface area contributed by atoms with Crippen LogP contribution in [-0.2, 0) is 10.0 Å². The molecular weight excluding hydrogens is 288 g/mol. The largest absolute Gasteiger partial charge is 0.393 e. The van der Waals surface area contributed by atoms with Gasteiger partial charge in [0, 0.05) is 19.0 Å². The molecule has 1 saturated heterocycles. The first-order valence-electron chi connectivity index (χ1n) is 6.53. The summed E-state index contributed by atoms with van der Waals surface area (Å²) in [7, 11) is -4.05. The zero-order valence-corrected chi connectivity index (χ0v) is 11.5. The molecule has 1 N–H and O–H groups in total. The van der Waals surface area contributed by atoms with Gasteiger partial charge in [0.05, 0.1) is 6.10 Å². The van der Waals surface area contributed by atoms with Crippen LogP contribution in [-0.4, -0.2) is 37.0 Å². The van der Waals surface area contributed by atoms with Crippen LogP contribution in [0.2, 0.25) is 0 Å². The molecule has 1 aromatic carbocycles. The fourth-order valence-electron chi connectivity index (χ4n) is 3.21. The van der Waals surface area contributed by atoms with E-state index in [9.17, 15) is 22.3 Å². The molecule has 1 saturated carbocycles. The Labute approximate surface area is 116 Å². The quantitative estimate of drug-likeness (QED) is 0.897. The van der Waals surface area contributed by atoms with Crippen LogP contribution in [0.15, 0.2) is 23.1 Å². The molecule has 0 bridgehead atoms. The summed E-state index contributed by atoms with van der Waals surface area (Å²) in [6.07, 6.45) is 0.943. The van der Waals surface area contributed by atoms with Crippen molar-refractivity contribution in [3.05, 3.63) is 29.8 Å². The fourth-order valence-corrected chi connectivity index (χ4v) is 4.82. The molecule has 1 aliphatic carbocycles. The number of rotatable bonds is 2. The van der Waals surface area contributed by atoms with E-state index in [1.165, 1.54) is 0 Å². The third kappa shape index (κ3) is 2.13. The molecule has 7 heteroatoms. The second-order valence-electron chi connectivity index (χ2n) is 5.47. The number of hydrogen-bond acceptors (Lipinski definition) is 3. The van der Waals surface area contributed by atoms with Crippen molar-refractivity contribution in [3.8, 4) is 0 Å². The van der Waals surface area contributed by atoms with Crippen molar-refractivity contribution in [2.45, 2.75) is 23.8 Å². The summed E-state index contributed by atoms with van der Waals surface area (Å²) in [4.78, 5) is -0.632. The smallest absolute Gasteiger partial charge is 0.246 e. The topological polar surface area (TPSA) is 57.6 Å². The van der Waals surface area contributed by atoms with E-state index < -0.39 is 32.7 Å². The number of sulfonamides is 1. The number of halogens is 2. The number of nitrogens with zero attached hydrogens (tertiary/aromatic N) is 1. The van der Waals surface area contributed by atoms with Gasteiger partial charge in [-0.25, -0.2) is 17.2 Å². The van der Waals surface area contributed by atoms with Crippen LogP contribution in [0.3, 0.4) is 0 Å². The number of benzene rings is 1. The van der Waals surface area contributed by atoms with Crippen molar-refractivity contribution in [3.63, 3.8) is 0 Å². The van der Waals surface area contributed by atoms with Gasteiger partial charge in [0.2, 0.25) is 10.0 Å². The molecule has 0 aromatic heterocycles. The lowest BCUT2D eigenvalue weighted by Crippen LogP contribution is -2.31. The van der Waals surface area contributed by atoms with E-state index >= 15 is 0 Å². The van der Waals surface area contributed by atoms with Gasteiger partial charge in [0.1, 0.15) is 16.5 Å². The van der Waals surface area contributed by atoms with Gasteiger partial charge in [-0.2, -0.15) is 4.31 Å². The molecule has 1 aliphatic heterocycles. The lowest BCUT2D eigenvalue weighted by molar-refractivity contribution is 0.129. The Bertz CT molecular complexity index is 635. The number of hydrogen-bond donors (Lipinski definition) is 1. The van der Waals surface area contributed by atoms with Gasteiger partial charge < -0.3 is 5.11 Å². The van der Waals surface area contributed by atoms with Crippen LogP contribution in [0, 0.1) is 23.5 Å². The highest BCUT2D eigenvalue weighted by molar-refractivity contribution is 7.89. The third-order valence-corrected chi connectivity index (χ3v) is 6.14. The monoisotopic (exact) mass is 303 g/mol. The van der Waals surface area contributed by atoms with E-state index in [1.807, 2.05) is 0 Å². The third-order valence-electron chi connectivity index (χ3n) is 4.30. The second-order valence-corrected chi connectivity index (χ2v) is 7.37. The first-order chi connectivity index (χ1) is 9.39. The van der Waals surface area contributed by atoms with Gasteiger partial charge in [-0.1, -0.05) is 0 Å². The molecule has 0 radical (unpaired) electrons. The number of fused-ring (bicyclic) bond motifs is 1. The molecule has 110 valence electrons. The van der Waals surface area contributed by atoms with Crippen molar-refractivity contribution >= 4 is 10.0 Å². The highest BCUT2D eigenvalue weighted by Gasteiger charge is 2.46. The summed E-state index contributed by atoms with van der Waals surface area (Å²) in [6.45, 7) is 0.435. The van der Waals surface area contributed by atoms with Crippen LogP contribution >= 0.6 is 0 Å². The van der Waals surface area contributed by atoms with Gasteiger partial charge in [0.25, 0.3) is 0 Å². The molecule has 3 unspecified atom stereocenters. The van der Waals surface area contributed by atoms with Crippen LogP contribution < -0.4 is 0 Å². The highest BCUT2D eigenvalue weighted by Crippen LogP contribution is 2.40. The van der Waals surface area contributed by atoms with Gasteiger partial charge in [0.15, 0.2) is 0 Å². The first kappa shape index (κ1) is 13.9. The Hall–Kier alpha value is -1.05. The molecule has 4 nitrogen and oxygen atoms in total. The molecular formula is C13H15F2NO3S. The molecule has 3 atom stereocenters. The zero-order valence-electron chi connectivity index (χ0n) is 10.7. The summed E-state index contributed by atoms with van der Waals surface area (Å²) in [5.41, 5.74) is 0. The van der Waals surface area contributed by atoms with E-state index in [4.69, 9.17) is 0 Å². The minimum Gasteiger partial charge on any atom is -0.393 e. The van der Waals surface area contributed by atoms with E-state index in [1.54, 1.807) is 0 Å². The summed E-state index contributed by atoms with van der Waals surface area (Å²) in [5.74, 6) is -1.73. The van der Waals surface area contributed by atoms with Crippen molar-refractivity contribution < 1.29 is 22.3 Å². The lowest BCUT2D eigenvalue weighted by Gasteiger charge is -2.18. The summed E-state index contributed by atoms with van der Waals surface area (Å²) in [5, 5.41) is 9.80. The average molecular weight is 303 g/mol. The SMILES string of the molecule is O=S(=O)(c1cc(F)ccc1F)N1CC2CCC(O)C2C1. The van der Waals surface area contributed by atoms with E-state index in [-0.39, 0.29) is 24.9 Å². The van der Waals surface area contributed by atoms with Crippen molar-refractivity contribution in [2.24, 2.45) is 11.8 Å².